The molecule has 2 aliphatic rings. The Labute approximate surface area is 139 Å². The van der Waals surface area contributed by atoms with Crippen molar-refractivity contribution in [2.75, 3.05) is 19.6 Å². The number of ether oxygens (including phenoxy) is 1. The minimum Gasteiger partial charge on any atom is -0.445 e. The number of piperidine rings is 1. The van der Waals surface area contributed by atoms with Crippen LogP contribution in [-0.2, 0) is 16.8 Å². The van der Waals surface area contributed by atoms with E-state index in [2.05, 4.69) is 15.6 Å². The van der Waals surface area contributed by atoms with E-state index in [-0.39, 0.29) is 11.5 Å². The van der Waals surface area contributed by atoms with Gasteiger partial charge in [0, 0.05) is 23.5 Å². The lowest BCUT2D eigenvalue weighted by atomic mass is 10.0. The van der Waals surface area contributed by atoms with Crippen LogP contribution in [0.15, 0.2) is 41.9 Å². The summed E-state index contributed by atoms with van der Waals surface area (Å²) in [4.78, 5) is 16.5. The molecule has 1 aliphatic carbocycles. The molecule has 1 aromatic carbocycles. The highest BCUT2D eigenvalue weighted by molar-refractivity contribution is 7.09. The van der Waals surface area contributed by atoms with Gasteiger partial charge in [-0.05, 0) is 30.5 Å². The molecule has 2 fully saturated rings. The number of thiazole rings is 1. The predicted octanol–water partition coefficient (Wildman–Crippen LogP) is 2.16. The lowest BCUT2D eigenvalue weighted by Gasteiger charge is -2.19. The van der Waals surface area contributed by atoms with Gasteiger partial charge in [-0.3, -0.25) is 0 Å². The summed E-state index contributed by atoms with van der Waals surface area (Å²) in [7, 11) is 0. The molecule has 23 heavy (non-hydrogen) atoms. The van der Waals surface area contributed by atoms with Crippen molar-refractivity contribution in [1.82, 2.24) is 15.6 Å². The molecule has 2 heterocycles. The summed E-state index contributed by atoms with van der Waals surface area (Å²) in [5.74, 6) is 1.14. The summed E-state index contributed by atoms with van der Waals surface area (Å²) in [5.41, 5.74) is 0.996. The number of carbonyl (C=O) groups excluding carboxylic acids is 1. The maximum Gasteiger partial charge on any atom is 0.407 e. The molecular weight excluding hydrogens is 310 g/mol. The van der Waals surface area contributed by atoms with E-state index in [4.69, 9.17) is 4.74 Å². The quantitative estimate of drug-likeness (QED) is 0.882. The van der Waals surface area contributed by atoms with Crippen LogP contribution in [0.1, 0.15) is 10.6 Å². The predicted molar refractivity (Wildman–Crippen MR) is 88.3 cm³/mol. The fourth-order valence-corrected chi connectivity index (χ4v) is 4.72. The van der Waals surface area contributed by atoms with E-state index in [0.29, 0.717) is 25.0 Å². The molecule has 0 spiro atoms. The lowest BCUT2D eigenvalue weighted by Crippen LogP contribution is -2.38. The van der Waals surface area contributed by atoms with Crippen LogP contribution < -0.4 is 10.6 Å². The van der Waals surface area contributed by atoms with Gasteiger partial charge < -0.3 is 15.4 Å². The van der Waals surface area contributed by atoms with Crippen LogP contribution in [0.5, 0.6) is 0 Å². The molecule has 0 radical (unpaired) electrons. The monoisotopic (exact) mass is 329 g/mol. The second-order valence-electron chi connectivity index (χ2n) is 6.16. The fourth-order valence-electron chi connectivity index (χ4n) is 3.75. The van der Waals surface area contributed by atoms with Crippen LogP contribution >= 0.6 is 11.3 Å². The Morgan fingerprint density at radius 2 is 2.13 bits per heavy atom. The highest BCUT2D eigenvalue weighted by atomic mass is 32.1. The number of rotatable bonds is 5. The standard InChI is InChI=1S/C17H19N3O2S/c21-16(22-10-12-4-2-1-3-5-12)20-11-17(15-19-6-7-23-15)13-8-18-9-14(13)17/h1-7,13-14,18H,8-11H2,(H,20,21)/t13-,14+,17?. The minimum absolute atomic E-state index is 0.00514. The second-order valence-corrected chi connectivity index (χ2v) is 7.06. The van der Waals surface area contributed by atoms with Crippen molar-refractivity contribution in [1.29, 1.82) is 0 Å². The van der Waals surface area contributed by atoms with Gasteiger partial charge >= 0.3 is 6.09 Å². The summed E-state index contributed by atoms with van der Waals surface area (Å²) >= 11 is 1.68. The van der Waals surface area contributed by atoms with Crippen molar-refractivity contribution < 1.29 is 9.53 Å². The summed E-state index contributed by atoms with van der Waals surface area (Å²) in [5, 5.41) is 9.50. The molecule has 0 bridgehead atoms. The van der Waals surface area contributed by atoms with Crippen molar-refractivity contribution in [3.8, 4) is 0 Å². The van der Waals surface area contributed by atoms with Gasteiger partial charge in [0.25, 0.3) is 0 Å². The zero-order chi connectivity index (χ0) is 15.7. The summed E-state index contributed by atoms with van der Waals surface area (Å²) in [6, 6.07) is 9.71. The van der Waals surface area contributed by atoms with Gasteiger partial charge in [0.15, 0.2) is 0 Å². The average molecular weight is 329 g/mol. The molecule has 1 saturated carbocycles. The average Bonchev–Trinajstić information content (AvgIpc) is 3.08. The Morgan fingerprint density at radius 3 is 2.83 bits per heavy atom. The number of hydrogen-bond donors (Lipinski definition) is 2. The molecule has 6 heteroatoms. The van der Waals surface area contributed by atoms with Crippen LogP contribution in [0.3, 0.4) is 0 Å². The number of alkyl carbamates (subject to hydrolysis) is 1. The molecule has 1 saturated heterocycles. The summed E-state index contributed by atoms with van der Waals surface area (Å²) in [6.07, 6.45) is 1.49. The highest BCUT2D eigenvalue weighted by Crippen LogP contribution is 2.61. The summed E-state index contributed by atoms with van der Waals surface area (Å²) < 4.78 is 5.31. The first-order valence-corrected chi connectivity index (χ1v) is 8.74. The van der Waals surface area contributed by atoms with E-state index >= 15 is 0 Å². The third-order valence-corrected chi connectivity index (χ3v) is 5.96. The largest absolute Gasteiger partial charge is 0.445 e. The number of nitrogens with one attached hydrogen (secondary N) is 2. The first-order valence-electron chi connectivity index (χ1n) is 7.86. The van der Waals surface area contributed by atoms with Crippen molar-refractivity contribution in [2.45, 2.75) is 12.0 Å². The highest BCUT2D eigenvalue weighted by Gasteiger charge is 2.68. The third kappa shape index (κ3) is 2.62. The lowest BCUT2D eigenvalue weighted by molar-refractivity contribution is 0.138. The molecule has 4 rings (SSSR count). The molecule has 1 aromatic heterocycles. The molecule has 120 valence electrons. The molecule has 2 aromatic rings. The Hall–Kier alpha value is -1.92. The number of fused-ring (bicyclic) bond motifs is 1. The Bertz CT molecular complexity index is 664. The molecule has 1 aliphatic heterocycles. The fraction of sp³-hybridized carbons (Fsp3) is 0.412. The number of carbonyl (C=O) groups is 1. The summed E-state index contributed by atoms with van der Waals surface area (Å²) in [6.45, 7) is 2.91. The number of amides is 1. The van der Waals surface area contributed by atoms with Gasteiger partial charge in [0.05, 0.1) is 0 Å². The Morgan fingerprint density at radius 1 is 1.35 bits per heavy atom. The van der Waals surface area contributed by atoms with Crippen molar-refractivity contribution in [3.05, 3.63) is 52.5 Å². The van der Waals surface area contributed by atoms with Gasteiger partial charge in [-0.1, -0.05) is 30.3 Å². The van der Waals surface area contributed by atoms with Crippen LogP contribution in [0.2, 0.25) is 0 Å². The van der Waals surface area contributed by atoms with E-state index in [1.54, 1.807) is 11.3 Å². The minimum atomic E-state index is -0.359. The molecule has 3 atom stereocenters. The molecule has 5 nitrogen and oxygen atoms in total. The maximum atomic E-state index is 12.0. The first kappa shape index (κ1) is 14.7. The third-order valence-electron chi connectivity index (χ3n) is 5.00. The number of hydrogen-bond acceptors (Lipinski definition) is 5. The van der Waals surface area contributed by atoms with E-state index in [0.717, 1.165) is 23.7 Å². The normalized spacial score (nSPS) is 28.2. The number of nitrogens with zero attached hydrogens (tertiary/aromatic N) is 1. The van der Waals surface area contributed by atoms with E-state index < -0.39 is 0 Å². The molecule has 1 amide bonds. The van der Waals surface area contributed by atoms with E-state index in [9.17, 15) is 4.79 Å². The van der Waals surface area contributed by atoms with Crippen molar-refractivity contribution in [2.24, 2.45) is 11.8 Å². The van der Waals surface area contributed by atoms with Crippen LogP contribution in [0.4, 0.5) is 4.79 Å². The SMILES string of the molecule is O=C(NCC1(c2nccs2)[C@@H]2CNC[C@@H]21)OCc1ccccc1. The van der Waals surface area contributed by atoms with Crippen molar-refractivity contribution in [3.63, 3.8) is 0 Å². The van der Waals surface area contributed by atoms with E-state index in [1.807, 2.05) is 41.9 Å². The molecular formula is C17H19N3O2S. The number of aromatic nitrogens is 1. The number of benzene rings is 1. The van der Waals surface area contributed by atoms with Gasteiger partial charge in [-0.15, -0.1) is 11.3 Å². The zero-order valence-corrected chi connectivity index (χ0v) is 13.5. The van der Waals surface area contributed by atoms with Crippen LogP contribution in [0.25, 0.3) is 0 Å². The van der Waals surface area contributed by atoms with E-state index in [1.165, 1.54) is 0 Å². The maximum absolute atomic E-state index is 12.0. The van der Waals surface area contributed by atoms with Crippen LogP contribution in [-0.4, -0.2) is 30.7 Å². The zero-order valence-electron chi connectivity index (χ0n) is 12.7. The van der Waals surface area contributed by atoms with Gasteiger partial charge in [-0.25, -0.2) is 9.78 Å². The second kappa shape index (κ2) is 5.94. The van der Waals surface area contributed by atoms with Crippen LogP contribution in [0, 0.1) is 11.8 Å². The Balaban J connectivity index is 1.35. The molecule has 2 N–H and O–H groups in total. The smallest absolute Gasteiger partial charge is 0.407 e. The topological polar surface area (TPSA) is 63.2 Å². The van der Waals surface area contributed by atoms with Gasteiger partial charge in [0.2, 0.25) is 0 Å². The molecule has 1 unspecified atom stereocenters. The van der Waals surface area contributed by atoms with Crippen molar-refractivity contribution >= 4 is 17.4 Å². The first-order chi connectivity index (χ1) is 11.3. The van der Waals surface area contributed by atoms with Gasteiger partial charge in [0.1, 0.15) is 11.6 Å². The Kier molecular flexibility index (Phi) is 3.79. The van der Waals surface area contributed by atoms with Gasteiger partial charge in [-0.2, -0.15) is 0 Å².